The number of hydrogen-bond donors (Lipinski definition) is 0. The van der Waals surface area contributed by atoms with Crippen molar-refractivity contribution in [3.63, 3.8) is 0 Å². The van der Waals surface area contributed by atoms with Gasteiger partial charge >= 0.3 is 0 Å². The van der Waals surface area contributed by atoms with Gasteiger partial charge in [0.1, 0.15) is 0 Å². The molecule has 6 heteroatoms. The number of likely N-dealkylation sites (N-methyl/N-ethyl adjacent to an activating group) is 1. The van der Waals surface area contributed by atoms with E-state index >= 15 is 0 Å². The van der Waals surface area contributed by atoms with Crippen molar-refractivity contribution in [2.75, 3.05) is 40.8 Å². The van der Waals surface area contributed by atoms with Gasteiger partial charge in [0.05, 0.1) is 14.1 Å². The van der Waals surface area contributed by atoms with Crippen molar-refractivity contribution >= 4 is 49.0 Å². The molecule has 0 aliphatic rings. The largest absolute Gasteiger partial charge is 0.309 e. The Morgan fingerprint density at radius 1 is 1.28 bits per heavy atom. The Labute approximate surface area is 129 Å². The normalized spacial score (nSPS) is 11.5. The second kappa shape index (κ2) is 7.75. The van der Waals surface area contributed by atoms with E-state index in [1.807, 2.05) is 13.1 Å². The van der Waals surface area contributed by atoms with E-state index in [1.165, 1.54) is 11.3 Å². The van der Waals surface area contributed by atoms with Crippen molar-refractivity contribution in [2.45, 2.75) is 6.42 Å². The smallest absolute Gasteiger partial charge is 0.178 e. The minimum atomic E-state index is 0.163. The minimum Gasteiger partial charge on any atom is -0.309 e. The lowest BCUT2D eigenvalue weighted by atomic mass is 10.2. The van der Waals surface area contributed by atoms with Gasteiger partial charge in [-0.15, -0.1) is 11.3 Å². The Morgan fingerprint density at radius 3 is 2.44 bits per heavy atom. The number of nitrogens with zero attached hydrogens (tertiary/aromatic N) is 2. The first-order valence-corrected chi connectivity index (χ1v) is 8.11. The van der Waals surface area contributed by atoms with Gasteiger partial charge in [-0.3, -0.25) is 9.69 Å². The summed E-state index contributed by atoms with van der Waals surface area (Å²) < 4.78 is 1.88. The summed E-state index contributed by atoms with van der Waals surface area (Å²) in [5, 5.41) is 0. The van der Waals surface area contributed by atoms with Crippen molar-refractivity contribution in [1.82, 2.24) is 9.80 Å². The SMILES string of the molecule is CN(C)CCCN(C)CC(=O)c1cc(Br)sc1Br. The van der Waals surface area contributed by atoms with Crippen molar-refractivity contribution < 1.29 is 4.79 Å². The molecule has 0 unspecified atom stereocenters. The third kappa shape index (κ3) is 5.48. The van der Waals surface area contributed by atoms with Crippen LogP contribution in [0.3, 0.4) is 0 Å². The molecule has 0 radical (unpaired) electrons. The Hall–Kier alpha value is 0.250. The van der Waals surface area contributed by atoms with Crippen LogP contribution in [0.4, 0.5) is 0 Å². The van der Waals surface area contributed by atoms with Gasteiger partial charge in [0, 0.05) is 5.56 Å². The highest BCUT2D eigenvalue weighted by molar-refractivity contribution is 9.12. The average Bonchev–Trinajstić information content (AvgIpc) is 2.57. The van der Waals surface area contributed by atoms with Crippen molar-refractivity contribution in [3.05, 3.63) is 19.2 Å². The maximum Gasteiger partial charge on any atom is 0.178 e. The highest BCUT2D eigenvalue weighted by Crippen LogP contribution is 2.32. The zero-order chi connectivity index (χ0) is 13.7. The Morgan fingerprint density at radius 2 is 1.94 bits per heavy atom. The molecule has 1 aromatic rings. The molecule has 1 aromatic heterocycles. The first kappa shape index (κ1) is 16.3. The number of halogens is 2. The highest BCUT2D eigenvalue weighted by Gasteiger charge is 2.15. The number of ketones is 1. The predicted molar refractivity (Wildman–Crippen MR) is 84.7 cm³/mol. The number of rotatable bonds is 7. The third-order valence-electron chi connectivity index (χ3n) is 2.52. The molecule has 102 valence electrons. The number of carbonyl (C=O) groups is 1. The van der Waals surface area contributed by atoms with Crippen LogP contribution in [0.2, 0.25) is 0 Å². The van der Waals surface area contributed by atoms with Crippen LogP contribution in [0.25, 0.3) is 0 Å². The fraction of sp³-hybridized carbons (Fsp3) is 0.583. The summed E-state index contributed by atoms with van der Waals surface area (Å²) in [6.45, 7) is 2.45. The lowest BCUT2D eigenvalue weighted by molar-refractivity contribution is 0.0944. The predicted octanol–water partition coefficient (Wildman–Crippen LogP) is 3.34. The second-order valence-electron chi connectivity index (χ2n) is 4.56. The highest BCUT2D eigenvalue weighted by atomic mass is 79.9. The molecule has 0 aliphatic carbocycles. The van der Waals surface area contributed by atoms with E-state index in [2.05, 4.69) is 55.8 Å². The monoisotopic (exact) mass is 396 g/mol. The van der Waals surface area contributed by atoms with E-state index in [9.17, 15) is 4.79 Å². The van der Waals surface area contributed by atoms with E-state index in [1.54, 1.807) is 0 Å². The van der Waals surface area contributed by atoms with Gasteiger partial charge < -0.3 is 4.90 Å². The fourth-order valence-corrected chi connectivity index (χ4v) is 4.45. The van der Waals surface area contributed by atoms with Crippen LogP contribution in [0.15, 0.2) is 13.6 Å². The van der Waals surface area contributed by atoms with Crippen LogP contribution in [0, 0.1) is 0 Å². The van der Waals surface area contributed by atoms with Gasteiger partial charge in [0.2, 0.25) is 0 Å². The van der Waals surface area contributed by atoms with Crippen molar-refractivity contribution in [1.29, 1.82) is 0 Å². The lowest BCUT2D eigenvalue weighted by Gasteiger charge is -2.17. The van der Waals surface area contributed by atoms with Gasteiger partial charge in [-0.05, 0) is 78.6 Å². The van der Waals surface area contributed by atoms with E-state index in [0.29, 0.717) is 6.54 Å². The second-order valence-corrected chi connectivity index (χ2v) is 8.31. The topological polar surface area (TPSA) is 23.6 Å². The molecular weight excluding hydrogens is 380 g/mol. The molecule has 0 amide bonds. The molecule has 3 nitrogen and oxygen atoms in total. The third-order valence-corrected chi connectivity index (χ3v) is 4.86. The van der Waals surface area contributed by atoms with Crippen LogP contribution < -0.4 is 0 Å². The number of Topliss-reactive ketones (excluding diaryl/α,β-unsaturated/α-hetero) is 1. The van der Waals surface area contributed by atoms with Gasteiger partial charge in [0.25, 0.3) is 0 Å². The molecule has 0 saturated carbocycles. The zero-order valence-electron chi connectivity index (χ0n) is 10.9. The van der Waals surface area contributed by atoms with E-state index in [0.717, 1.165) is 32.6 Å². The minimum absolute atomic E-state index is 0.163. The summed E-state index contributed by atoms with van der Waals surface area (Å²) >= 11 is 8.35. The van der Waals surface area contributed by atoms with Crippen LogP contribution >= 0.6 is 43.2 Å². The number of carbonyl (C=O) groups excluding carboxylic acids is 1. The Bertz CT molecular complexity index is 407. The fourth-order valence-electron chi connectivity index (χ4n) is 1.60. The van der Waals surface area contributed by atoms with Crippen LogP contribution in [-0.4, -0.2) is 56.4 Å². The molecule has 0 bridgehead atoms. The summed E-state index contributed by atoms with van der Waals surface area (Å²) in [7, 11) is 6.11. The molecule has 0 atom stereocenters. The van der Waals surface area contributed by atoms with Crippen LogP contribution in [0.5, 0.6) is 0 Å². The number of thiophene rings is 1. The number of hydrogen-bond acceptors (Lipinski definition) is 4. The van der Waals surface area contributed by atoms with E-state index in [-0.39, 0.29) is 5.78 Å². The standard InChI is InChI=1S/C12H18Br2N2OS/c1-15(2)5-4-6-16(3)8-10(17)9-7-11(13)18-12(9)14/h7H,4-6,8H2,1-3H3. The van der Waals surface area contributed by atoms with Crippen LogP contribution in [-0.2, 0) is 0 Å². The molecular formula is C12H18Br2N2OS. The van der Waals surface area contributed by atoms with Gasteiger partial charge in [-0.1, -0.05) is 0 Å². The molecule has 18 heavy (non-hydrogen) atoms. The van der Waals surface area contributed by atoms with Gasteiger partial charge in [-0.2, -0.15) is 0 Å². The molecule has 0 spiro atoms. The van der Waals surface area contributed by atoms with Crippen molar-refractivity contribution in [3.8, 4) is 0 Å². The van der Waals surface area contributed by atoms with E-state index in [4.69, 9.17) is 0 Å². The molecule has 1 heterocycles. The first-order valence-electron chi connectivity index (χ1n) is 5.71. The average molecular weight is 398 g/mol. The molecule has 0 aromatic carbocycles. The van der Waals surface area contributed by atoms with Crippen LogP contribution in [0.1, 0.15) is 16.8 Å². The van der Waals surface area contributed by atoms with Crippen molar-refractivity contribution in [2.24, 2.45) is 0 Å². The summed E-state index contributed by atoms with van der Waals surface area (Å²) in [6.07, 6.45) is 1.07. The molecule has 0 fully saturated rings. The molecule has 0 aliphatic heterocycles. The quantitative estimate of drug-likeness (QED) is 0.659. The Balaban J connectivity index is 2.42. The Kier molecular flexibility index (Phi) is 7.02. The van der Waals surface area contributed by atoms with Gasteiger partial charge in [-0.25, -0.2) is 0 Å². The summed E-state index contributed by atoms with van der Waals surface area (Å²) in [5.74, 6) is 0.163. The lowest BCUT2D eigenvalue weighted by Crippen LogP contribution is -2.28. The molecule has 0 saturated heterocycles. The maximum atomic E-state index is 12.1. The first-order chi connectivity index (χ1) is 8.40. The zero-order valence-corrected chi connectivity index (χ0v) is 14.9. The molecule has 1 rings (SSSR count). The summed E-state index contributed by atoms with van der Waals surface area (Å²) in [4.78, 5) is 16.3. The van der Waals surface area contributed by atoms with Gasteiger partial charge in [0.15, 0.2) is 5.78 Å². The molecule has 0 N–H and O–H groups in total. The summed E-state index contributed by atoms with van der Waals surface area (Å²) in [6, 6.07) is 1.88. The summed E-state index contributed by atoms with van der Waals surface area (Å²) in [5.41, 5.74) is 0.770. The van der Waals surface area contributed by atoms with E-state index < -0.39 is 0 Å². The maximum absolute atomic E-state index is 12.1.